The largest absolute Gasteiger partial charge is 0.459 e. The molecule has 0 aliphatic rings. The van der Waals surface area contributed by atoms with Gasteiger partial charge in [-0.15, -0.1) is 0 Å². The van der Waals surface area contributed by atoms with Crippen LogP contribution >= 0.6 is 0 Å². The molecule has 2 rings (SSSR count). The molecule has 0 saturated heterocycles. The standard InChI is InChI=1S/C15H17NO4/c1-15(19,10-17)9-16-14(18)13-12(7-8-20-13)11-5-3-2-4-6-11/h2-8,17,19H,9-10H2,1H3,(H,16,18). The van der Waals surface area contributed by atoms with Crippen molar-refractivity contribution in [2.75, 3.05) is 13.2 Å². The number of rotatable bonds is 5. The van der Waals surface area contributed by atoms with Crippen LogP contribution in [0.3, 0.4) is 0 Å². The Hall–Kier alpha value is -2.11. The summed E-state index contributed by atoms with van der Waals surface area (Å²) in [5.41, 5.74) is 0.210. The quantitative estimate of drug-likeness (QED) is 0.770. The van der Waals surface area contributed by atoms with Gasteiger partial charge in [0.2, 0.25) is 0 Å². The molecule has 1 atom stereocenters. The molecular weight excluding hydrogens is 258 g/mol. The Morgan fingerprint density at radius 3 is 2.65 bits per heavy atom. The van der Waals surface area contributed by atoms with Crippen LogP contribution in [-0.2, 0) is 0 Å². The van der Waals surface area contributed by atoms with Crippen molar-refractivity contribution in [1.82, 2.24) is 5.32 Å². The van der Waals surface area contributed by atoms with Crippen LogP contribution < -0.4 is 5.32 Å². The molecule has 0 radical (unpaired) electrons. The fourth-order valence-electron chi connectivity index (χ4n) is 1.74. The molecule has 2 aromatic rings. The molecule has 20 heavy (non-hydrogen) atoms. The van der Waals surface area contributed by atoms with Gasteiger partial charge in [-0.1, -0.05) is 30.3 Å². The summed E-state index contributed by atoms with van der Waals surface area (Å²) in [4.78, 5) is 12.1. The molecule has 1 amide bonds. The fourth-order valence-corrected chi connectivity index (χ4v) is 1.74. The summed E-state index contributed by atoms with van der Waals surface area (Å²) in [5.74, 6) is -0.243. The zero-order valence-electron chi connectivity index (χ0n) is 11.2. The summed E-state index contributed by atoms with van der Waals surface area (Å²) in [7, 11) is 0. The van der Waals surface area contributed by atoms with Crippen LogP contribution in [0, 0.1) is 0 Å². The maximum absolute atomic E-state index is 12.1. The van der Waals surface area contributed by atoms with Crippen molar-refractivity contribution < 1.29 is 19.4 Å². The van der Waals surface area contributed by atoms with E-state index in [1.165, 1.54) is 13.2 Å². The van der Waals surface area contributed by atoms with Gasteiger partial charge in [-0.2, -0.15) is 0 Å². The van der Waals surface area contributed by atoms with Gasteiger partial charge in [0, 0.05) is 12.1 Å². The highest BCUT2D eigenvalue weighted by Gasteiger charge is 2.22. The van der Waals surface area contributed by atoms with E-state index in [-0.39, 0.29) is 12.3 Å². The number of aliphatic hydroxyl groups excluding tert-OH is 1. The van der Waals surface area contributed by atoms with Gasteiger partial charge in [0.1, 0.15) is 5.60 Å². The number of hydrogen-bond acceptors (Lipinski definition) is 4. The summed E-state index contributed by atoms with van der Waals surface area (Å²) in [6.45, 7) is 0.946. The van der Waals surface area contributed by atoms with Crippen molar-refractivity contribution in [2.24, 2.45) is 0 Å². The molecule has 0 bridgehead atoms. The van der Waals surface area contributed by atoms with Crippen LogP contribution in [0.15, 0.2) is 47.1 Å². The fraction of sp³-hybridized carbons (Fsp3) is 0.267. The maximum Gasteiger partial charge on any atom is 0.287 e. The Morgan fingerprint density at radius 2 is 2.00 bits per heavy atom. The molecule has 0 aliphatic heterocycles. The molecule has 5 nitrogen and oxygen atoms in total. The van der Waals surface area contributed by atoms with Crippen LogP contribution in [0.5, 0.6) is 0 Å². The third-order valence-electron chi connectivity index (χ3n) is 2.93. The van der Waals surface area contributed by atoms with Crippen molar-refractivity contribution in [3.63, 3.8) is 0 Å². The number of furan rings is 1. The van der Waals surface area contributed by atoms with E-state index in [1.807, 2.05) is 30.3 Å². The van der Waals surface area contributed by atoms with Gasteiger partial charge in [0.05, 0.1) is 12.9 Å². The minimum atomic E-state index is -1.35. The van der Waals surface area contributed by atoms with Gasteiger partial charge in [0.25, 0.3) is 5.91 Å². The van der Waals surface area contributed by atoms with Crippen LogP contribution in [0.1, 0.15) is 17.5 Å². The van der Waals surface area contributed by atoms with E-state index >= 15 is 0 Å². The highest BCUT2D eigenvalue weighted by molar-refractivity contribution is 5.98. The number of aliphatic hydroxyl groups is 2. The maximum atomic E-state index is 12.1. The lowest BCUT2D eigenvalue weighted by atomic mass is 10.1. The van der Waals surface area contributed by atoms with Crippen LogP contribution in [-0.4, -0.2) is 34.9 Å². The summed E-state index contributed by atoms with van der Waals surface area (Å²) in [6.07, 6.45) is 1.45. The number of carbonyl (C=O) groups is 1. The number of carbonyl (C=O) groups excluding carboxylic acids is 1. The SMILES string of the molecule is CC(O)(CO)CNC(=O)c1occc1-c1ccccc1. The van der Waals surface area contributed by atoms with E-state index < -0.39 is 18.1 Å². The van der Waals surface area contributed by atoms with Crippen molar-refractivity contribution in [3.8, 4) is 11.1 Å². The highest BCUT2D eigenvalue weighted by atomic mass is 16.3. The van der Waals surface area contributed by atoms with Gasteiger partial charge < -0.3 is 19.9 Å². The first-order chi connectivity index (χ1) is 9.53. The molecule has 1 unspecified atom stereocenters. The Kier molecular flexibility index (Phi) is 4.22. The number of hydrogen-bond donors (Lipinski definition) is 3. The first-order valence-corrected chi connectivity index (χ1v) is 6.28. The summed E-state index contributed by atoms with van der Waals surface area (Å²) in [6, 6.07) is 11.1. The number of nitrogens with one attached hydrogen (secondary N) is 1. The first-order valence-electron chi connectivity index (χ1n) is 6.28. The van der Waals surface area contributed by atoms with E-state index in [2.05, 4.69) is 5.32 Å². The average molecular weight is 275 g/mol. The molecule has 1 aromatic carbocycles. The number of benzene rings is 1. The molecule has 0 aliphatic carbocycles. The van der Waals surface area contributed by atoms with Crippen molar-refractivity contribution in [1.29, 1.82) is 0 Å². The van der Waals surface area contributed by atoms with Crippen molar-refractivity contribution in [3.05, 3.63) is 48.4 Å². The second kappa shape index (κ2) is 5.90. The zero-order chi connectivity index (χ0) is 14.6. The second-order valence-electron chi connectivity index (χ2n) is 4.87. The summed E-state index contributed by atoms with van der Waals surface area (Å²) in [5, 5.41) is 21.1. The van der Waals surface area contributed by atoms with Gasteiger partial charge in [0.15, 0.2) is 5.76 Å². The van der Waals surface area contributed by atoms with E-state index in [0.29, 0.717) is 5.56 Å². The second-order valence-corrected chi connectivity index (χ2v) is 4.87. The van der Waals surface area contributed by atoms with E-state index in [4.69, 9.17) is 9.52 Å². The smallest absolute Gasteiger partial charge is 0.287 e. The van der Waals surface area contributed by atoms with Crippen molar-refractivity contribution in [2.45, 2.75) is 12.5 Å². The third-order valence-corrected chi connectivity index (χ3v) is 2.93. The van der Waals surface area contributed by atoms with E-state index in [1.54, 1.807) is 6.07 Å². The molecule has 0 fully saturated rings. The Bertz CT molecular complexity index is 575. The number of amides is 1. The predicted molar refractivity (Wildman–Crippen MR) is 74.2 cm³/mol. The van der Waals surface area contributed by atoms with E-state index in [0.717, 1.165) is 5.56 Å². The summed E-state index contributed by atoms with van der Waals surface area (Å²) >= 11 is 0. The molecular formula is C15H17NO4. The van der Waals surface area contributed by atoms with Gasteiger partial charge >= 0.3 is 0 Å². The van der Waals surface area contributed by atoms with Gasteiger partial charge in [-0.25, -0.2) is 0 Å². The van der Waals surface area contributed by atoms with E-state index in [9.17, 15) is 9.90 Å². The lowest BCUT2D eigenvalue weighted by molar-refractivity contribution is 0.00300. The lowest BCUT2D eigenvalue weighted by Gasteiger charge is -2.20. The zero-order valence-corrected chi connectivity index (χ0v) is 11.2. The van der Waals surface area contributed by atoms with Crippen LogP contribution in [0.25, 0.3) is 11.1 Å². The van der Waals surface area contributed by atoms with Gasteiger partial charge in [-0.05, 0) is 18.6 Å². The van der Waals surface area contributed by atoms with Crippen molar-refractivity contribution >= 4 is 5.91 Å². The molecule has 3 N–H and O–H groups in total. The average Bonchev–Trinajstić information content (AvgIpc) is 2.95. The minimum absolute atomic E-state index is 0.0583. The summed E-state index contributed by atoms with van der Waals surface area (Å²) < 4.78 is 5.22. The molecule has 1 aromatic heterocycles. The Balaban J connectivity index is 2.14. The molecule has 106 valence electrons. The molecule has 1 heterocycles. The third kappa shape index (κ3) is 3.26. The van der Waals surface area contributed by atoms with Crippen LogP contribution in [0.4, 0.5) is 0 Å². The Morgan fingerprint density at radius 1 is 1.30 bits per heavy atom. The molecule has 5 heteroatoms. The van der Waals surface area contributed by atoms with Crippen LogP contribution in [0.2, 0.25) is 0 Å². The molecule has 0 saturated carbocycles. The monoisotopic (exact) mass is 275 g/mol. The highest BCUT2D eigenvalue weighted by Crippen LogP contribution is 2.24. The minimum Gasteiger partial charge on any atom is -0.459 e. The predicted octanol–water partition coefficient (Wildman–Crippen LogP) is 1.42. The Labute approximate surface area is 116 Å². The molecule has 0 spiro atoms. The van der Waals surface area contributed by atoms with Gasteiger partial charge in [-0.3, -0.25) is 4.79 Å². The first kappa shape index (κ1) is 14.3. The lowest BCUT2D eigenvalue weighted by Crippen LogP contribution is -2.43. The topological polar surface area (TPSA) is 82.7 Å². The normalized spacial score (nSPS) is 13.8.